The van der Waals surface area contributed by atoms with Gasteiger partial charge < -0.3 is 13.9 Å². The topological polar surface area (TPSA) is 104 Å². The Morgan fingerprint density at radius 1 is 0.923 bits per heavy atom. The molecule has 0 bridgehead atoms. The van der Waals surface area contributed by atoms with Gasteiger partial charge in [0, 0.05) is 23.9 Å². The molecule has 278 valence electrons. The molecule has 4 rings (SSSR count). The van der Waals surface area contributed by atoms with E-state index in [2.05, 4.69) is 50.0 Å². The number of alkyl halides is 3. The Labute approximate surface area is 309 Å². The van der Waals surface area contributed by atoms with Crippen LogP contribution in [0.15, 0.2) is 97.2 Å². The summed E-state index contributed by atoms with van der Waals surface area (Å²) in [5.74, 6) is -1.04. The normalized spacial score (nSPS) is 12.5. The minimum atomic E-state index is -4.67. The van der Waals surface area contributed by atoms with E-state index < -0.39 is 41.0 Å². The van der Waals surface area contributed by atoms with Gasteiger partial charge in [0.2, 0.25) is 15.9 Å². The van der Waals surface area contributed by atoms with Crippen molar-refractivity contribution in [2.75, 3.05) is 19.0 Å². The number of carbonyl (C=O) groups is 1. The standard InChI is InChI=1S/C38H42ClF3N2O6SSi/c1-5-6-13-24-51(46,47)44-35(45)21-19-28-18-20-30(26-34(28)50-36-33(39)25-29(27-43-36)38(40,41)42)48-22-23-49-52(37(2,3)4,31-14-9-7-10-15-31)32-16-11-8-12-17-32/h7-12,14-21,25-27H,5-6,13,22-24H2,1-4H3,(H,44,45). The van der Waals surface area contributed by atoms with Gasteiger partial charge in [-0.2, -0.15) is 13.2 Å². The Bertz CT molecular complexity index is 1900. The first-order valence-corrected chi connectivity index (χ1v) is 20.6. The van der Waals surface area contributed by atoms with Crippen LogP contribution in [-0.2, 0) is 25.4 Å². The summed E-state index contributed by atoms with van der Waals surface area (Å²) in [6, 6.07) is 25.6. The minimum absolute atomic E-state index is 0.0365. The first-order chi connectivity index (χ1) is 24.6. The lowest BCUT2D eigenvalue weighted by Crippen LogP contribution is -2.66. The van der Waals surface area contributed by atoms with E-state index in [1.807, 2.05) is 48.0 Å². The van der Waals surface area contributed by atoms with Crippen LogP contribution >= 0.6 is 11.6 Å². The van der Waals surface area contributed by atoms with E-state index in [0.29, 0.717) is 30.9 Å². The van der Waals surface area contributed by atoms with Gasteiger partial charge in [0.25, 0.3) is 14.2 Å². The molecular weight excluding hydrogens is 733 g/mol. The van der Waals surface area contributed by atoms with Gasteiger partial charge in [-0.25, -0.2) is 18.1 Å². The maximum absolute atomic E-state index is 13.2. The van der Waals surface area contributed by atoms with Crippen molar-refractivity contribution in [3.63, 3.8) is 0 Å². The van der Waals surface area contributed by atoms with Crippen molar-refractivity contribution in [2.45, 2.75) is 58.2 Å². The number of nitrogens with zero attached hydrogens (tertiary/aromatic N) is 1. The van der Waals surface area contributed by atoms with Gasteiger partial charge in [-0.15, -0.1) is 0 Å². The number of carbonyl (C=O) groups excluding carboxylic acids is 1. The van der Waals surface area contributed by atoms with E-state index in [4.69, 9.17) is 25.5 Å². The SMILES string of the molecule is CCCCCS(=O)(=O)NC(=O)C=Cc1ccc(OCCO[Si](c2ccccc2)(c2ccccc2)C(C)(C)C)cc1Oc1ncc(C(F)(F)F)cc1Cl. The lowest BCUT2D eigenvalue weighted by molar-refractivity contribution is -0.137. The van der Waals surface area contributed by atoms with Gasteiger partial charge in [-0.3, -0.25) is 4.79 Å². The molecule has 0 aliphatic heterocycles. The number of hydrogen-bond donors (Lipinski definition) is 1. The van der Waals surface area contributed by atoms with Crippen molar-refractivity contribution in [2.24, 2.45) is 0 Å². The third kappa shape index (κ3) is 10.7. The van der Waals surface area contributed by atoms with Crippen molar-refractivity contribution in [1.82, 2.24) is 9.71 Å². The molecule has 14 heteroatoms. The Morgan fingerprint density at radius 2 is 1.56 bits per heavy atom. The van der Waals surface area contributed by atoms with Gasteiger partial charge in [0.1, 0.15) is 23.1 Å². The summed E-state index contributed by atoms with van der Waals surface area (Å²) in [5.41, 5.74) is -0.785. The van der Waals surface area contributed by atoms with Crippen LogP contribution in [0.2, 0.25) is 10.1 Å². The van der Waals surface area contributed by atoms with E-state index >= 15 is 0 Å². The molecule has 0 radical (unpaired) electrons. The van der Waals surface area contributed by atoms with Gasteiger partial charge in [-0.05, 0) is 46.1 Å². The second-order valence-corrected chi connectivity index (χ2v) is 19.6. The van der Waals surface area contributed by atoms with Crippen LogP contribution in [0.4, 0.5) is 13.2 Å². The highest BCUT2D eigenvalue weighted by Crippen LogP contribution is 2.38. The number of halogens is 4. The predicted octanol–water partition coefficient (Wildman–Crippen LogP) is 8.15. The van der Waals surface area contributed by atoms with Crippen LogP contribution in [0.25, 0.3) is 6.08 Å². The molecule has 8 nitrogen and oxygen atoms in total. The molecule has 3 aromatic carbocycles. The van der Waals surface area contributed by atoms with Crippen LogP contribution < -0.4 is 24.6 Å². The lowest BCUT2D eigenvalue weighted by Gasteiger charge is -2.43. The summed E-state index contributed by atoms with van der Waals surface area (Å²) in [6.45, 7) is 8.79. The molecule has 0 saturated carbocycles. The predicted molar refractivity (Wildman–Crippen MR) is 200 cm³/mol. The average molecular weight is 775 g/mol. The van der Waals surface area contributed by atoms with Crippen molar-refractivity contribution < 1.29 is 40.3 Å². The Morgan fingerprint density at radius 3 is 2.12 bits per heavy atom. The van der Waals surface area contributed by atoms with E-state index in [9.17, 15) is 26.4 Å². The zero-order valence-electron chi connectivity index (χ0n) is 29.4. The summed E-state index contributed by atoms with van der Waals surface area (Å²) in [4.78, 5) is 16.3. The lowest BCUT2D eigenvalue weighted by atomic mass is 10.1. The second-order valence-electron chi connectivity index (χ2n) is 13.0. The smallest absolute Gasteiger partial charge is 0.417 e. The molecule has 1 N–H and O–H groups in total. The highest BCUT2D eigenvalue weighted by Gasteiger charge is 2.50. The zero-order chi connectivity index (χ0) is 38.0. The third-order valence-electron chi connectivity index (χ3n) is 8.10. The number of rotatable bonds is 16. The molecule has 0 fully saturated rings. The molecule has 52 heavy (non-hydrogen) atoms. The number of ether oxygens (including phenoxy) is 2. The molecular formula is C38H42ClF3N2O6SSi. The molecule has 0 atom stereocenters. The number of pyridine rings is 1. The summed E-state index contributed by atoms with van der Waals surface area (Å²) >= 11 is 6.13. The van der Waals surface area contributed by atoms with Crippen LogP contribution in [0.5, 0.6) is 17.4 Å². The molecule has 1 amide bonds. The monoisotopic (exact) mass is 774 g/mol. The maximum atomic E-state index is 13.2. The summed E-state index contributed by atoms with van der Waals surface area (Å²) in [7, 11) is -6.67. The molecule has 1 aromatic heterocycles. The number of aromatic nitrogens is 1. The number of unbranched alkanes of at least 4 members (excludes halogenated alkanes) is 2. The molecule has 0 aliphatic rings. The molecule has 0 saturated heterocycles. The van der Waals surface area contributed by atoms with Gasteiger partial charge in [0.15, 0.2) is 0 Å². The van der Waals surface area contributed by atoms with Crippen LogP contribution in [-0.4, -0.2) is 46.6 Å². The first kappa shape index (κ1) is 40.6. The van der Waals surface area contributed by atoms with E-state index in [-0.39, 0.29) is 41.2 Å². The average Bonchev–Trinajstić information content (AvgIpc) is 3.08. The fourth-order valence-corrected chi connectivity index (χ4v) is 11.5. The van der Waals surface area contributed by atoms with Crippen molar-refractivity contribution in [1.29, 1.82) is 0 Å². The first-order valence-electron chi connectivity index (χ1n) is 16.7. The van der Waals surface area contributed by atoms with E-state index in [1.165, 1.54) is 12.1 Å². The molecule has 0 unspecified atom stereocenters. The molecule has 1 heterocycles. The number of sulfonamides is 1. The van der Waals surface area contributed by atoms with E-state index in [0.717, 1.165) is 22.9 Å². The Hall–Kier alpha value is -4.17. The van der Waals surface area contributed by atoms with Crippen LogP contribution in [0.3, 0.4) is 0 Å². The largest absolute Gasteiger partial charge is 0.491 e. The number of nitrogens with one attached hydrogen (secondary N) is 1. The second kappa shape index (κ2) is 17.6. The van der Waals surface area contributed by atoms with Crippen molar-refractivity contribution >= 4 is 52.3 Å². The Balaban J connectivity index is 1.59. The molecule has 0 spiro atoms. The molecule has 4 aromatic rings. The van der Waals surface area contributed by atoms with E-state index in [1.54, 1.807) is 12.1 Å². The minimum Gasteiger partial charge on any atom is -0.491 e. The van der Waals surface area contributed by atoms with Crippen LogP contribution in [0.1, 0.15) is 58.1 Å². The zero-order valence-corrected chi connectivity index (χ0v) is 31.9. The summed E-state index contributed by atoms with van der Waals surface area (Å²) in [6.07, 6.45) is 0.170. The number of benzene rings is 3. The summed E-state index contributed by atoms with van der Waals surface area (Å²) < 4.78 is 85.2. The van der Waals surface area contributed by atoms with Gasteiger partial charge >= 0.3 is 6.18 Å². The third-order valence-corrected chi connectivity index (χ3v) is 14.8. The highest BCUT2D eigenvalue weighted by atomic mass is 35.5. The number of hydrogen-bond acceptors (Lipinski definition) is 7. The maximum Gasteiger partial charge on any atom is 0.417 e. The van der Waals surface area contributed by atoms with Gasteiger partial charge in [0.05, 0.1) is 17.9 Å². The summed E-state index contributed by atoms with van der Waals surface area (Å²) in [5, 5.41) is 1.57. The van der Waals surface area contributed by atoms with Crippen molar-refractivity contribution in [3.8, 4) is 17.4 Å². The van der Waals surface area contributed by atoms with Crippen molar-refractivity contribution in [3.05, 3.63) is 113 Å². The molecule has 0 aliphatic carbocycles. The van der Waals surface area contributed by atoms with Gasteiger partial charge in [-0.1, -0.05) is 113 Å². The fraction of sp³-hybridized carbons (Fsp3) is 0.316. The Kier molecular flexibility index (Phi) is 13.7. The quantitative estimate of drug-likeness (QED) is 0.0697. The highest BCUT2D eigenvalue weighted by molar-refractivity contribution is 7.90. The van der Waals surface area contributed by atoms with Crippen LogP contribution in [0, 0.1) is 0 Å². The number of amides is 1. The fourth-order valence-electron chi connectivity index (χ4n) is 5.65.